The Morgan fingerprint density at radius 2 is 1.88 bits per heavy atom. The third-order valence-corrected chi connectivity index (χ3v) is 3.15. The predicted molar refractivity (Wildman–Crippen MR) is 71.9 cm³/mol. The summed E-state index contributed by atoms with van der Waals surface area (Å²) in [5.74, 6) is 0.618. The molecule has 0 spiro atoms. The minimum Gasteiger partial charge on any atom is -0.328 e. The van der Waals surface area contributed by atoms with Crippen molar-refractivity contribution in [1.29, 1.82) is 0 Å². The van der Waals surface area contributed by atoms with Crippen molar-refractivity contribution in [2.24, 2.45) is 5.73 Å². The second kappa shape index (κ2) is 6.05. The SMILES string of the molecule is Cc1ccc(C(C)C)cc1CCCC(C)N. The Morgan fingerprint density at radius 3 is 2.44 bits per heavy atom. The van der Waals surface area contributed by atoms with Crippen molar-refractivity contribution in [2.75, 3.05) is 0 Å². The van der Waals surface area contributed by atoms with E-state index in [1.807, 2.05) is 0 Å². The van der Waals surface area contributed by atoms with Gasteiger partial charge in [0.25, 0.3) is 0 Å². The van der Waals surface area contributed by atoms with E-state index >= 15 is 0 Å². The van der Waals surface area contributed by atoms with Gasteiger partial charge in [-0.1, -0.05) is 32.0 Å². The van der Waals surface area contributed by atoms with Crippen LogP contribution in [0.5, 0.6) is 0 Å². The van der Waals surface area contributed by atoms with Crippen LogP contribution in [0.2, 0.25) is 0 Å². The number of nitrogens with two attached hydrogens (primary N) is 1. The summed E-state index contributed by atoms with van der Waals surface area (Å²) in [5, 5.41) is 0. The molecule has 90 valence electrons. The van der Waals surface area contributed by atoms with Crippen molar-refractivity contribution >= 4 is 0 Å². The van der Waals surface area contributed by atoms with Crippen LogP contribution in [0.25, 0.3) is 0 Å². The van der Waals surface area contributed by atoms with Crippen molar-refractivity contribution in [3.8, 4) is 0 Å². The lowest BCUT2D eigenvalue weighted by Crippen LogP contribution is -2.14. The van der Waals surface area contributed by atoms with E-state index in [-0.39, 0.29) is 0 Å². The molecule has 16 heavy (non-hydrogen) atoms. The first-order chi connectivity index (χ1) is 7.50. The molecule has 0 saturated carbocycles. The largest absolute Gasteiger partial charge is 0.328 e. The maximum absolute atomic E-state index is 5.77. The predicted octanol–water partition coefficient (Wildman–Crippen LogP) is 3.79. The summed E-state index contributed by atoms with van der Waals surface area (Å²) < 4.78 is 0. The molecule has 0 aliphatic rings. The summed E-state index contributed by atoms with van der Waals surface area (Å²) in [6, 6.07) is 7.18. The molecule has 1 heteroatoms. The topological polar surface area (TPSA) is 26.0 Å². The van der Waals surface area contributed by atoms with Gasteiger partial charge in [0.15, 0.2) is 0 Å². The van der Waals surface area contributed by atoms with Gasteiger partial charge in [0.2, 0.25) is 0 Å². The Bertz CT molecular complexity index is 326. The normalized spacial score (nSPS) is 13.1. The lowest BCUT2D eigenvalue weighted by molar-refractivity contribution is 0.623. The van der Waals surface area contributed by atoms with Crippen LogP contribution in [-0.2, 0) is 6.42 Å². The van der Waals surface area contributed by atoms with Gasteiger partial charge in [0.1, 0.15) is 0 Å². The molecular weight excluding hydrogens is 194 g/mol. The van der Waals surface area contributed by atoms with E-state index < -0.39 is 0 Å². The van der Waals surface area contributed by atoms with Crippen LogP contribution in [0.4, 0.5) is 0 Å². The van der Waals surface area contributed by atoms with Crippen LogP contribution in [-0.4, -0.2) is 6.04 Å². The van der Waals surface area contributed by atoms with Gasteiger partial charge in [0.05, 0.1) is 0 Å². The molecule has 0 aromatic heterocycles. The zero-order valence-corrected chi connectivity index (χ0v) is 11.1. The Balaban J connectivity index is 2.67. The zero-order valence-electron chi connectivity index (χ0n) is 11.1. The smallest absolute Gasteiger partial charge is 0.00105 e. The highest BCUT2D eigenvalue weighted by molar-refractivity contribution is 5.32. The lowest BCUT2D eigenvalue weighted by Gasteiger charge is -2.12. The molecule has 0 heterocycles. The van der Waals surface area contributed by atoms with Gasteiger partial charge in [-0.05, 0) is 55.7 Å². The van der Waals surface area contributed by atoms with Gasteiger partial charge in [-0.15, -0.1) is 0 Å². The molecule has 0 aliphatic carbocycles. The molecule has 0 radical (unpaired) electrons. The molecule has 0 bridgehead atoms. The fourth-order valence-corrected chi connectivity index (χ4v) is 1.93. The van der Waals surface area contributed by atoms with Crippen molar-refractivity contribution < 1.29 is 0 Å². The van der Waals surface area contributed by atoms with E-state index in [1.165, 1.54) is 23.1 Å². The molecular formula is C15H25N. The number of aryl methyl sites for hydroxylation is 2. The van der Waals surface area contributed by atoms with Gasteiger partial charge in [-0.2, -0.15) is 0 Å². The second-order valence-corrected chi connectivity index (χ2v) is 5.21. The fourth-order valence-electron chi connectivity index (χ4n) is 1.93. The molecule has 1 aromatic rings. The Morgan fingerprint density at radius 1 is 1.19 bits per heavy atom. The van der Waals surface area contributed by atoms with Gasteiger partial charge in [-0.25, -0.2) is 0 Å². The van der Waals surface area contributed by atoms with Crippen LogP contribution >= 0.6 is 0 Å². The maximum Gasteiger partial charge on any atom is 0.00105 e. The fraction of sp³-hybridized carbons (Fsp3) is 0.600. The quantitative estimate of drug-likeness (QED) is 0.801. The molecule has 1 rings (SSSR count). The number of hydrogen-bond donors (Lipinski definition) is 1. The lowest BCUT2D eigenvalue weighted by atomic mass is 9.95. The summed E-state index contributed by atoms with van der Waals surface area (Å²) in [6.45, 7) is 8.77. The standard InChI is InChI=1S/C15H25N/c1-11(2)14-9-8-12(3)15(10-14)7-5-6-13(4)16/h8-11,13H,5-7,16H2,1-4H3. The third kappa shape index (κ3) is 3.97. The van der Waals surface area contributed by atoms with Crippen molar-refractivity contribution in [3.05, 3.63) is 34.9 Å². The van der Waals surface area contributed by atoms with Crippen LogP contribution in [0.3, 0.4) is 0 Å². The Kier molecular flexibility index (Phi) is 5.01. The van der Waals surface area contributed by atoms with Crippen molar-refractivity contribution in [2.45, 2.75) is 58.9 Å². The first-order valence-electron chi connectivity index (χ1n) is 6.35. The molecule has 1 aromatic carbocycles. The van der Waals surface area contributed by atoms with Gasteiger partial charge in [-0.3, -0.25) is 0 Å². The third-order valence-electron chi connectivity index (χ3n) is 3.15. The highest BCUT2D eigenvalue weighted by Crippen LogP contribution is 2.20. The highest BCUT2D eigenvalue weighted by Gasteiger charge is 2.04. The number of rotatable bonds is 5. The highest BCUT2D eigenvalue weighted by atomic mass is 14.6. The average molecular weight is 219 g/mol. The van der Waals surface area contributed by atoms with E-state index in [0.717, 1.165) is 12.8 Å². The number of hydrogen-bond acceptors (Lipinski definition) is 1. The molecule has 1 nitrogen and oxygen atoms in total. The first-order valence-corrected chi connectivity index (χ1v) is 6.35. The molecule has 0 amide bonds. The average Bonchev–Trinajstić information content (AvgIpc) is 2.20. The molecule has 0 aliphatic heterocycles. The van der Waals surface area contributed by atoms with E-state index in [2.05, 4.69) is 45.9 Å². The minimum absolute atomic E-state index is 0.327. The number of benzene rings is 1. The Labute approximate surface area is 100 Å². The van der Waals surface area contributed by atoms with E-state index in [1.54, 1.807) is 0 Å². The van der Waals surface area contributed by atoms with Crippen molar-refractivity contribution in [1.82, 2.24) is 0 Å². The van der Waals surface area contributed by atoms with E-state index in [0.29, 0.717) is 12.0 Å². The molecule has 1 atom stereocenters. The summed E-state index contributed by atoms with van der Waals surface area (Å²) in [4.78, 5) is 0. The van der Waals surface area contributed by atoms with Gasteiger partial charge >= 0.3 is 0 Å². The van der Waals surface area contributed by atoms with Gasteiger partial charge in [0, 0.05) is 6.04 Å². The monoisotopic (exact) mass is 219 g/mol. The summed E-state index contributed by atoms with van der Waals surface area (Å²) >= 11 is 0. The Hall–Kier alpha value is -0.820. The van der Waals surface area contributed by atoms with Gasteiger partial charge < -0.3 is 5.73 Å². The summed E-state index contributed by atoms with van der Waals surface area (Å²) in [5.41, 5.74) is 10.1. The second-order valence-electron chi connectivity index (χ2n) is 5.21. The van der Waals surface area contributed by atoms with Crippen molar-refractivity contribution in [3.63, 3.8) is 0 Å². The molecule has 0 fully saturated rings. The summed E-state index contributed by atoms with van der Waals surface area (Å²) in [6.07, 6.45) is 3.47. The zero-order chi connectivity index (χ0) is 12.1. The molecule has 0 saturated heterocycles. The molecule has 2 N–H and O–H groups in total. The summed E-state index contributed by atoms with van der Waals surface area (Å²) in [7, 11) is 0. The van der Waals surface area contributed by atoms with E-state index in [4.69, 9.17) is 5.73 Å². The maximum atomic E-state index is 5.77. The van der Waals surface area contributed by atoms with E-state index in [9.17, 15) is 0 Å². The first kappa shape index (κ1) is 13.2. The van der Waals surface area contributed by atoms with Crippen LogP contribution < -0.4 is 5.73 Å². The van der Waals surface area contributed by atoms with Crippen LogP contribution in [0.1, 0.15) is 56.2 Å². The van der Waals surface area contributed by atoms with Crippen LogP contribution in [0.15, 0.2) is 18.2 Å². The van der Waals surface area contributed by atoms with Crippen LogP contribution in [0, 0.1) is 6.92 Å². The minimum atomic E-state index is 0.327. The molecule has 1 unspecified atom stereocenters.